The highest BCUT2D eigenvalue weighted by atomic mass is 35.5. The van der Waals surface area contributed by atoms with Gasteiger partial charge in [0, 0.05) is 30.6 Å². The van der Waals surface area contributed by atoms with Gasteiger partial charge in [-0.05, 0) is 18.9 Å². The van der Waals surface area contributed by atoms with Crippen LogP contribution in [0.3, 0.4) is 0 Å². The molecule has 1 aromatic carbocycles. The predicted molar refractivity (Wildman–Crippen MR) is 78.5 cm³/mol. The fraction of sp³-hybridized carbons (Fsp3) is 0.600. The number of halogens is 2. The van der Waals surface area contributed by atoms with Crippen LogP contribution in [-0.2, 0) is 6.54 Å². The first-order chi connectivity index (χ1) is 9.17. The molecule has 0 atom stereocenters. The first kappa shape index (κ1) is 16.3. The summed E-state index contributed by atoms with van der Waals surface area (Å²) in [7, 11) is 1.49. The van der Waals surface area contributed by atoms with Crippen LogP contribution in [0.25, 0.3) is 0 Å². The molecule has 0 aromatic heterocycles. The molecular formula is C15H23ClFNO. The largest absolute Gasteiger partial charge is 0.494 e. The van der Waals surface area contributed by atoms with Gasteiger partial charge in [-0.3, -0.25) is 4.90 Å². The fourth-order valence-electron chi connectivity index (χ4n) is 2.36. The molecule has 0 fully saturated rings. The summed E-state index contributed by atoms with van der Waals surface area (Å²) in [5, 5.41) is 0. The molecule has 0 unspecified atom stereocenters. The number of rotatable bonds is 8. The van der Waals surface area contributed by atoms with Gasteiger partial charge in [-0.25, -0.2) is 4.39 Å². The zero-order valence-electron chi connectivity index (χ0n) is 12.0. The van der Waals surface area contributed by atoms with E-state index in [4.69, 9.17) is 16.3 Å². The smallest absolute Gasteiger partial charge is 0.169 e. The van der Waals surface area contributed by atoms with Crippen molar-refractivity contribution in [3.63, 3.8) is 0 Å². The first-order valence-corrected chi connectivity index (χ1v) is 7.32. The van der Waals surface area contributed by atoms with Crippen LogP contribution in [0.1, 0.15) is 32.3 Å². The van der Waals surface area contributed by atoms with E-state index in [1.807, 2.05) is 12.1 Å². The normalized spacial score (nSPS) is 11.3. The fourth-order valence-corrected chi connectivity index (χ4v) is 2.58. The molecule has 0 saturated carbocycles. The third-order valence-corrected chi connectivity index (χ3v) is 3.64. The number of nitrogens with zero attached hydrogens (tertiary/aromatic N) is 1. The summed E-state index contributed by atoms with van der Waals surface area (Å²) >= 11 is 5.86. The van der Waals surface area contributed by atoms with Crippen molar-refractivity contribution in [2.24, 2.45) is 0 Å². The number of hydrogen-bond acceptors (Lipinski definition) is 2. The molecule has 0 N–H and O–H groups in total. The highest BCUT2D eigenvalue weighted by Gasteiger charge is 2.17. The molecule has 0 spiro atoms. The second-order valence-corrected chi connectivity index (χ2v) is 4.94. The molecule has 19 heavy (non-hydrogen) atoms. The molecule has 0 radical (unpaired) electrons. The van der Waals surface area contributed by atoms with Gasteiger partial charge in [-0.1, -0.05) is 26.0 Å². The summed E-state index contributed by atoms with van der Waals surface area (Å²) in [4.78, 5) is 2.24. The lowest BCUT2D eigenvalue weighted by Gasteiger charge is -2.30. The third kappa shape index (κ3) is 4.36. The molecule has 0 aliphatic carbocycles. The Morgan fingerprint density at radius 1 is 1.32 bits per heavy atom. The second kappa shape index (κ2) is 8.39. The van der Waals surface area contributed by atoms with E-state index in [0.717, 1.165) is 19.4 Å². The van der Waals surface area contributed by atoms with Gasteiger partial charge in [0.2, 0.25) is 0 Å². The molecule has 0 heterocycles. The van der Waals surface area contributed by atoms with Gasteiger partial charge in [-0.15, -0.1) is 11.6 Å². The minimum absolute atomic E-state index is 0.268. The Morgan fingerprint density at radius 2 is 2.00 bits per heavy atom. The lowest BCUT2D eigenvalue weighted by molar-refractivity contribution is 0.185. The van der Waals surface area contributed by atoms with Crippen molar-refractivity contribution in [1.82, 2.24) is 4.90 Å². The third-order valence-electron chi connectivity index (χ3n) is 3.47. The summed E-state index contributed by atoms with van der Waals surface area (Å²) in [6.07, 6.45) is 2.08. The van der Waals surface area contributed by atoms with Gasteiger partial charge in [0.05, 0.1) is 7.11 Å². The Balaban J connectivity index is 2.89. The van der Waals surface area contributed by atoms with Crippen molar-refractivity contribution < 1.29 is 9.13 Å². The van der Waals surface area contributed by atoms with Crippen molar-refractivity contribution in [2.75, 3.05) is 19.5 Å². The van der Waals surface area contributed by atoms with E-state index in [-0.39, 0.29) is 5.82 Å². The highest BCUT2D eigenvalue weighted by molar-refractivity contribution is 6.18. The molecule has 2 nitrogen and oxygen atoms in total. The van der Waals surface area contributed by atoms with Crippen molar-refractivity contribution in [1.29, 1.82) is 0 Å². The molecule has 0 aliphatic rings. The van der Waals surface area contributed by atoms with Crippen LogP contribution in [0, 0.1) is 5.82 Å². The number of benzene rings is 1. The van der Waals surface area contributed by atoms with Gasteiger partial charge in [0.25, 0.3) is 0 Å². The Bertz CT molecular complexity index is 382. The molecule has 0 amide bonds. The van der Waals surface area contributed by atoms with Crippen LogP contribution in [0.2, 0.25) is 0 Å². The molecule has 0 bridgehead atoms. The van der Waals surface area contributed by atoms with Crippen LogP contribution >= 0.6 is 11.6 Å². The number of hydrogen-bond donors (Lipinski definition) is 0. The highest BCUT2D eigenvalue weighted by Crippen LogP contribution is 2.22. The Labute approximate surface area is 120 Å². The van der Waals surface area contributed by atoms with E-state index in [0.29, 0.717) is 29.8 Å². The van der Waals surface area contributed by atoms with E-state index in [9.17, 15) is 4.39 Å². The zero-order chi connectivity index (χ0) is 14.3. The van der Waals surface area contributed by atoms with Gasteiger partial charge in [0.1, 0.15) is 0 Å². The molecule has 1 rings (SSSR count). The number of methoxy groups -OCH3 is 1. The van der Waals surface area contributed by atoms with Crippen LogP contribution in [0.5, 0.6) is 5.75 Å². The molecule has 1 aromatic rings. The van der Waals surface area contributed by atoms with E-state index in [1.54, 1.807) is 6.07 Å². The minimum atomic E-state index is -0.268. The molecule has 108 valence electrons. The van der Waals surface area contributed by atoms with Crippen molar-refractivity contribution in [3.8, 4) is 5.75 Å². The topological polar surface area (TPSA) is 12.5 Å². The second-order valence-electron chi connectivity index (χ2n) is 4.56. The maximum absolute atomic E-state index is 14.2. The molecule has 0 saturated heterocycles. The van der Waals surface area contributed by atoms with E-state index >= 15 is 0 Å². The average molecular weight is 288 g/mol. The van der Waals surface area contributed by atoms with Crippen LogP contribution in [0.15, 0.2) is 18.2 Å². The Morgan fingerprint density at radius 3 is 2.53 bits per heavy atom. The van der Waals surface area contributed by atoms with Gasteiger partial charge < -0.3 is 4.74 Å². The summed E-state index contributed by atoms with van der Waals surface area (Å²) < 4.78 is 19.2. The number of ether oxygens (including phenoxy) is 1. The maximum atomic E-state index is 14.2. The van der Waals surface area contributed by atoms with E-state index < -0.39 is 0 Å². The number of alkyl halides is 1. The summed E-state index contributed by atoms with van der Waals surface area (Å²) in [5.74, 6) is 0.589. The van der Waals surface area contributed by atoms with Gasteiger partial charge in [0.15, 0.2) is 11.6 Å². The van der Waals surface area contributed by atoms with Crippen molar-refractivity contribution in [2.45, 2.75) is 39.3 Å². The van der Waals surface area contributed by atoms with Crippen molar-refractivity contribution in [3.05, 3.63) is 29.6 Å². The van der Waals surface area contributed by atoms with Crippen LogP contribution in [-0.4, -0.2) is 30.5 Å². The van der Waals surface area contributed by atoms with Gasteiger partial charge in [-0.2, -0.15) is 0 Å². The summed E-state index contributed by atoms with van der Waals surface area (Å²) in [6, 6.07) is 5.70. The molecule has 0 aliphatic heterocycles. The lowest BCUT2D eigenvalue weighted by Crippen LogP contribution is -2.35. The van der Waals surface area contributed by atoms with E-state index in [1.165, 1.54) is 7.11 Å². The zero-order valence-corrected chi connectivity index (χ0v) is 12.7. The Hall–Kier alpha value is -0.800. The monoisotopic (exact) mass is 287 g/mol. The molecular weight excluding hydrogens is 265 g/mol. The predicted octanol–water partition coefficient (Wildman–Crippen LogP) is 4.06. The minimum Gasteiger partial charge on any atom is -0.494 e. The summed E-state index contributed by atoms with van der Waals surface area (Å²) in [5.41, 5.74) is 0.663. The summed E-state index contributed by atoms with van der Waals surface area (Å²) in [6.45, 7) is 5.64. The van der Waals surface area contributed by atoms with Crippen LogP contribution in [0.4, 0.5) is 4.39 Å². The van der Waals surface area contributed by atoms with Crippen LogP contribution < -0.4 is 4.74 Å². The lowest BCUT2D eigenvalue weighted by atomic mass is 10.1. The van der Waals surface area contributed by atoms with Gasteiger partial charge >= 0.3 is 0 Å². The SMILES string of the molecule is CCC(CC)N(CCCl)Cc1cccc(OC)c1F. The first-order valence-electron chi connectivity index (χ1n) is 6.79. The average Bonchev–Trinajstić information content (AvgIpc) is 2.42. The van der Waals surface area contributed by atoms with Crippen molar-refractivity contribution >= 4 is 11.6 Å². The standard InChI is InChI=1S/C15H23ClFNO/c1-4-13(5-2)18(10-9-16)11-12-7-6-8-14(19-3)15(12)17/h6-8,13H,4-5,9-11H2,1-3H3. The quantitative estimate of drug-likeness (QED) is 0.669. The molecule has 4 heteroatoms. The Kier molecular flexibility index (Phi) is 7.17. The van der Waals surface area contributed by atoms with E-state index in [2.05, 4.69) is 18.7 Å². The maximum Gasteiger partial charge on any atom is 0.169 e.